The van der Waals surface area contributed by atoms with Gasteiger partial charge in [0, 0.05) is 11.5 Å². The minimum Gasteiger partial charge on any atom is -0.250 e. The van der Waals surface area contributed by atoms with Crippen LogP contribution < -0.4 is 5.69 Å². The summed E-state index contributed by atoms with van der Waals surface area (Å²) in [6.07, 6.45) is 0.506. The fourth-order valence-corrected chi connectivity index (χ4v) is 3.03. The molecule has 2 aromatic carbocycles. The van der Waals surface area contributed by atoms with Gasteiger partial charge in [-0.25, -0.2) is 14.0 Å². The Bertz CT molecular complexity index is 983. The Morgan fingerprint density at radius 1 is 1.09 bits per heavy atom. The number of nitrogens with zero attached hydrogens (tertiary/aromatic N) is 4. The van der Waals surface area contributed by atoms with E-state index in [9.17, 15) is 4.79 Å². The number of hydrogen-bond donors (Lipinski definition) is 0. The van der Waals surface area contributed by atoms with Crippen LogP contribution in [0, 0.1) is 0 Å². The lowest BCUT2D eigenvalue weighted by atomic mass is 10.1. The van der Waals surface area contributed by atoms with Gasteiger partial charge in [-0.3, -0.25) is 4.99 Å². The zero-order valence-corrected chi connectivity index (χ0v) is 14.0. The Morgan fingerprint density at radius 2 is 1.83 bits per heavy atom. The lowest BCUT2D eigenvalue weighted by molar-refractivity contribution is 0.721. The topological polar surface area (TPSA) is 52.2 Å². The zero-order chi connectivity index (χ0) is 16.0. The lowest BCUT2D eigenvalue weighted by Crippen LogP contribution is -2.22. The molecule has 1 aliphatic heterocycles. The summed E-state index contributed by atoms with van der Waals surface area (Å²) < 4.78 is 4.03. The quantitative estimate of drug-likeness (QED) is 0.662. The highest BCUT2D eigenvalue weighted by molar-refractivity contribution is 9.10. The molecule has 114 valence electrons. The molecular weight excluding hydrogens is 356 g/mol. The van der Waals surface area contributed by atoms with Crippen molar-refractivity contribution >= 4 is 27.3 Å². The first-order valence-electron chi connectivity index (χ1n) is 7.21. The molecule has 0 spiro atoms. The average Bonchev–Trinajstić information content (AvgIpc) is 2.74. The molecule has 0 saturated heterocycles. The van der Waals surface area contributed by atoms with Crippen LogP contribution in [0.25, 0.3) is 5.69 Å². The molecule has 1 aromatic heterocycles. The normalized spacial score (nSPS) is 13.0. The number of aryl methyl sites for hydroxylation is 1. The Hall–Kier alpha value is -2.47. The van der Waals surface area contributed by atoms with Crippen molar-refractivity contribution in [3.8, 4) is 5.69 Å². The summed E-state index contributed by atoms with van der Waals surface area (Å²) in [5.41, 5.74) is 3.32. The summed E-state index contributed by atoms with van der Waals surface area (Å²) in [7, 11) is 1.67. The maximum Gasteiger partial charge on any atom is 0.350 e. The number of fused-ring (bicyclic) bond motifs is 3. The largest absolute Gasteiger partial charge is 0.350 e. The molecule has 0 N–H and O–H groups in total. The van der Waals surface area contributed by atoms with Crippen molar-refractivity contribution < 1.29 is 0 Å². The Labute approximate surface area is 141 Å². The highest BCUT2D eigenvalue weighted by atomic mass is 79.9. The number of aromatic nitrogens is 3. The second kappa shape index (κ2) is 5.31. The van der Waals surface area contributed by atoms with E-state index in [1.807, 2.05) is 48.5 Å². The van der Waals surface area contributed by atoms with Crippen LogP contribution in [0.2, 0.25) is 0 Å². The monoisotopic (exact) mass is 368 g/mol. The van der Waals surface area contributed by atoms with Gasteiger partial charge in [0.2, 0.25) is 0 Å². The third kappa shape index (κ3) is 2.35. The van der Waals surface area contributed by atoms with Crippen LogP contribution in [0.15, 0.2) is 62.8 Å². The van der Waals surface area contributed by atoms with Crippen molar-refractivity contribution in [2.75, 3.05) is 0 Å². The van der Waals surface area contributed by atoms with Crippen molar-refractivity contribution in [3.63, 3.8) is 0 Å². The van der Waals surface area contributed by atoms with Gasteiger partial charge in [-0.1, -0.05) is 40.2 Å². The number of para-hydroxylation sites is 2. The first kappa shape index (κ1) is 14.1. The molecule has 0 bridgehead atoms. The molecule has 0 atom stereocenters. The Kier molecular flexibility index (Phi) is 3.27. The standard InChI is InChI=1S/C17H13BrN4O/c1-21-17(23)22-15-5-3-2-4-13(15)19-14(10-16(22)20-21)11-6-8-12(18)9-7-11/h2-9H,10H2,1H3. The zero-order valence-electron chi connectivity index (χ0n) is 12.4. The van der Waals surface area contributed by atoms with Crippen LogP contribution in [0.4, 0.5) is 5.69 Å². The summed E-state index contributed by atoms with van der Waals surface area (Å²) >= 11 is 3.45. The van der Waals surface area contributed by atoms with Gasteiger partial charge in [-0.15, -0.1) is 0 Å². The highest BCUT2D eigenvalue weighted by Crippen LogP contribution is 2.27. The van der Waals surface area contributed by atoms with E-state index in [1.54, 1.807) is 11.6 Å². The summed E-state index contributed by atoms with van der Waals surface area (Å²) in [5.74, 6) is 0.698. The van der Waals surface area contributed by atoms with Gasteiger partial charge in [-0.05, 0) is 29.8 Å². The summed E-state index contributed by atoms with van der Waals surface area (Å²) in [6, 6.07) is 15.7. The molecule has 6 heteroatoms. The number of aliphatic imine (C=N–C) groups is 1. The van der Waals surface area contributed by atoms with E-state index in [-0.39, 0.29) is 5.69 Å². The second-order valence-corrected chi connectivity index (χ2v) is 6.30. The number of benzene rings is 2. The van der Waals surface area contributed by atoms with Gasteiger partial charge in [0.25, 0.3) is 0 Å². The van der Waals surface area contributed by atoms with E-state index in [1.165, 1.54) is 4.68 Å². The third-order valence-electron chi connectivity index (χ3n) is 3.87. The van der Waals surface area contributed by atoms with Crippen molar-refractivity contribution in [2.45, 2.75) is 6.42 Å². The predicted molar refractivity (Wildman–Crippen MR) is 92.8 cm³/mol. The first-order valence-corrected chi connectivity index (χ1v) is 8.00. The summed E-state index contributed by atoms with van der Waals surface area (Å²) in [6.45, 7) is 0. The minimum atomic E-state index is -0.153. The fourth-order valence-electron chi connectivity index (χ4n) is 2.76. The van der Waals surface area contributed by atoms with Crippen molar-refractivity contribution in [1.82, 2.24) is 14.3 Å². The second-order valence-electron chi connectivity index (χ2n) is 5.39. The van der Waals surface area contributed by atoms with Gasteiger partial charge in [0.05, 0.1) is 23.5 Å². The fraction of sp³-hybridized carbons (Fsp3) is 0.118. The van der Waals surface area contributed by atoms with Gasteiger partial charge in [0.1, 0.15) is 5.82 Å². The molecule has 0 radical (unpaired) electrons. The molecule has 23 heavy (non-hydrogen) atoms. The molecule has 1 aliphatic rings. The lowest BCUT2D eigenvalue weighted by Gasteiger charge is -2.04. The SMILES string of the molecule is Cn1nc2n(c1=O)-c1ccccc1N=C(c1ccc(Br)cc1)C2. The Morgan fingerprint density at radius 3 is 2.61 bits per heavy atom. The highest BCUT2D eigenvalue weighted by Gasteiger charge is 2.21. The number of rotatable bonds is 1. The molecule has 2 heterocycles. The molecule has 0 amide bonds. The summed E-state index contributed by atoms with van der Waals surface area (Å²) in [4.78, 5) is 17.2. The average molecular weight is 369 g/mol. The van der Waals surface area contributed by atoms with Crippen LogP contribution in [0.3, 0.4) is 0 Å². The van der Waals surface area contributed by atoms with E-state index >= 15 is 0 Å². The number of hydrogen-bond acceptors (Lipinski definition) is 3. The van der Waals surface area contributed by atoms with Crippen molar-refractivity contribution in [3.05, 3.63) is 74.9 Å². The van der Waals surface area contributed by atoms with E-state index in [0.29, 0.717) is 12.2 Å². The molecule has 3 aromatic rings. The molecule has 0 unspecified atom stereocenters. The maximum absolute atomic E-state index is 12.4. The molecule has 0 aliphatic carbocycles. The molecular formula is C17H13BrN4O. The minimum absolute atomic E-state index is 0.153. The number of halogens is 1. The van der Waals surface area contributed by atoms with Crippen LogP contribution in [-0.4, -0.2) is 20.1 Å². The van der Waals surface area contributed by atoms with Crippen molar-refractivity contribution in [1.29, 1.82) is 0 Å². The van der Waals surface area contributed by atoms with E-state index in [2.05, 4.69) is 21.0 Å². The van der Waals surface area contributed by atoms with Crippen molar-refractivity contribution in [2.24, 2.45) is 12.0 Å². The maximum atomic E-state index is 12.4. The Balaban J connectivity index is 1.97. The molecule has 5 nitrogen and oxygen atoms in total. The van der Waals surface area contributed by atoms with Crippen LogP contribution in [0.1, 0.15) is 11.4 Å². The van der Waals surface area contributed by atoms with Gasteiger partial charge in [0.15, 0.2) is 0 Å². The van der Waals surface area contributed by atoms with Crippen LogP contribution >= 0.6 is 15.9 Å². The van der Waals surface area contributed by atoms with Gasteiger partial charge < -0.3 is 0 Å². The summed E-state index contributed by atoms with van der Waals surface area (Å²) in [5, 5.41) is 4.38. The van der Waals surface area contributed by atoms with Gasteiger partial charge in [-0.2, -0.15) is 5.10 Å². The molecule has 4 rings (SSSR count). The molecule has 0 fully saturated rings. The van der Waals surface area contributed by atoms with Gasteiger partial charge >= 0.3 is 5.69 Å². The molecule has 0 saturated carbocycles. The van der Waals surface area contributed by atoms with Crippen LogP contribution in [0.5, 0.6) is 0 Å². The van der Waals surface area contributed by atoms with E-state index in [0.717, 1.165) is 27.1 Å². The smallest absolute Gasteiger partial charge is 0.250 e. The van der Waals surface area contributed by atoms with E-state index < -0.39 is 0 Å². The third-order valence-corrected chi connectivity index (χ3v) is 4.40. The predicted octanol–water partition coefficient (Wildman–Crippen LogP) is 3.01. The van der Waals surface area contributed by atoms with Crippen LogP contribution in [-0.2, 0) is 13.5 Å². The van der Waals surface area contributed by atoms with E-state index in [4.69, 9.17) is 4.99 Å². The first-order chi connectivity index (χ1) is 11.1.